The fourth-order valence-electron chi connectivity index (χ4n) is 3.41. The lowest BCUT2D eigenvalue weighted by atomic mass is 10.0. The first-order chi connectivity index (χ1) is 12.1. The Morgan fingerprint density at radius 2 is 2.04 bits per heavy atom. The van der Waals surface area contributed by atoms with Crippen molar-refractivity contribution in [2.24, 2.45) is 0 Å². The van der Waals surface area contributed by atoms with Crippen LogP contribution in [-0.2, 0) is 0 Å². The van der Waals surface area contributed by atoms with Crippen molar-refractivity contribution in [2.45, 2.75) is 25.8 Å². The molecule has 2 fully saturated rings. The average molecular weight is 347 g/mol. The molecule has 2 aliphatic rings. The number of rotatable bonds is 5. The number of nitrogens with zero attached hydrogens (tertiary/aromatic N) is 2. The van der Waals surface area contributed by atoms with Gasteiger partial charge in [0.15, 0.2) is 0 Å². The fourth-order valence-corrected chi connectivity index (χ4v) is 3.41. The number of nitrogens with one attached hydrogen (secondary N) is 3. The molecule has 0 unspecified atom stereocenters. The van der Waals surface area contributed by atoms with Gasteiger partial charge in [-0.05, 0) is 44.5 Å². The molecule has 0 aliphatic carbocycles. The van der Waals surface area contributed by atoms with Crippen LogP contribution >= 0.6 is 0 Å². The van der Waals surface area contributed by atoms with Crippen LogP contribution < -0.4 is 21.5 Å². The summed E-state index contributed by atoms with van der Waals surface area (Å²) in [5.74, 6) is -0.370. The molecule has 0 atom stereocenters. The quantitative estimate of drug-likeness (QED) is 0.689. The van der Waals surface area contributed by atoms with Crippen molar-refractivity contribution < 1.29 is 9.59 Å². The molecule has 0 radical (unpaired) electrons. The fraction of sp³-hybridized carbons (Fsp3) is 0.588. The number of hydrogen-bond acceptors (Lipinski definition) is 4. The first kappa shape index (κ1) is 17.5. The third kappa shape index (κ3) is 3.84. The van der Waals surface area contributed by atoms with Gasteiger partial charge in [-0.1, -0.05) is 0 Å². The molecule has 0 saturated carbocycles. The largest absolute Gasteiger partial charge is 0.350 e. The summed E-state index contributed by atoms with van der Waals surface area (Å²) in [5, 5.41) is 8.77. The van der Waals surface area contributed by atoms with E-state index in [0.717, 1.165) is 25.9 Å². The molecule has 3 rings (SSSR count). The number of hydrogen-bond donors (Lipinski definition) is 3. The molecular weight excluding hydrogens is 322 g/mol. The normalized spacial score (nSPS) is 18.3. The Kier molecular flexibility index (Phi) is 5.37. The first-order valence-corrected chi connectivity index (χ1v) is 8.81. The molecule has 3 N–H and O–H groups in total. The van der Waals surface area contributed by atoms with E-state index in [-0.39, 0.29) is 29.1 Å². The number of carbonyl (C=O) groups excluding carboxylic acids is 2. The van der Waals surface area contributed by atoms with E-state index in [1.165, 1.54) is 0 Å². The number of pyridine rings is 1. The Morgan fingerprint density at radius 1 is 1.28 bits per heavy atom. The standard InChI is InChI=1S/C17H25N5O3/c1-12-4-9-22(13-2-5-18-6-3-13)16(24)14(12)15(23)19-7-10-21-11-8-20-17(21)25/h4,9,13,18H,2-3,5-8,10-11H2,1H3,(H,19,23)(H,20,25). The number of aryl methyl sites for hydroxylation is 1. The summed E-state index contributed by atoms with van der Waals surface area (Å²) < 4.78 is 1.69. The van der Waals surface area contributed by atoms with Crippen LogP contribution in [0.3, 0.4) is 0 Å². The van der Waals surface area contributed by atoms with Gasteiger partial charge >= 0.3 is 6.03 Å². The lowest BCUT2D eigenvalue weighted by molar-refractivity contribution is 0.0947. The molecule has 136 valence electrons. The molecule has 3 heterocycles. The van der Waals surface area contributed by atoms with Gasteiger partial charge in [-0.2, -0.15) is 0 Å². The van der Waals surface area contributed by atoms with Gasteiger partial charge in [0.1, 0.15) is 5.56 Å². The summed E-state index contributed by atoms with van der Waals surface area (Å²) in [6.45, 7) is 5.57. The molecular formula is C17H25N5O3. The second-order valence-electron chi connectivity index (χ2n) is 6.54. The zero-order valence-electron chi connectivity index (χ0n) is 14.5. The molecule has 3 amide bonds. The van der Waals surface area contributed by atoms with E-state index < -0.39 is 0 Å². The third-order valence-corrected chi connectivity index (χ3v) is 4.87. The number of amides is 3. The van der Waals surface area contributed by atoms with E-state index in [0.29, 0.717) is 31.7 Å². The maximum absolute atomic E-state index is 12.8. The zero-order chi connectivity index (χ0) is 17.8. The van der Waals surface area contributed by atoms with E-state index in [4.69, 9.17) is 0 Å². The summed E-state index contributed by atoms with van der Waals surface area (Å²) >= 11 is 0. The minimum Gasteiger partial charge on any atom is -0.350 e. The predicted molar refractivity (Wildman–Crippen MR) is 93.9 cm³/mol. The van der Waals surface area contributed by atoms with Crippen molar-refractivity contribution >= 4 is 11.9 Å². The van der Waals surface area contributed by atoms with Gasteiger partial charge in [-0.3, -0.25) is 9.59 Å². The molecule has 8 nitrogen and oxygen atoms in total. The molecule has 0 aromatic carbocycles. The van der Waals surface area contributed by atoms with E-state index in [2.05, 4.69) is 16.0 Å². The number of urea groups is 1. The Labute approximate surface area is 146 Å². The smallest absolute Gasteiger partial charge is 0.317 e. The lowest BCUT2D eigenvalue weighted by Crippen LogP contribution is -2.41. The Balaban J connectivity index is 1.68. The van der Waals surface area contributed by atoms with Crippen molar-refractivity contribution in [3.63, 3.8) is 0 Å². The molecule has 2 saturated heterocycles. The highest BCUT2D eigenvalue weighted by Gasteiger charge is 2.22. The van der Waals surface area contributed by atoms with Crippen LogP contribution in [0.4, 0.5) is 4.79 Å². The molecule has 0 spiro atoms. The minimum atomic E-state index is -0.370. The molecule has 2 aliphatic heterocycles. The molecule has 1 aromatic heterocycles. The predicted octanol–water partition coefficient (Wildman–Crippen LogP) is -0.164. The molecule has 0 bridgehead atoms. The highest BCUT2D eigenvalue weighted by molar-refractivity contribution is 5.95. The Bertz CT molecular complexity index is 709. The van der Waals surface area contributed by atoms with E-state index in [9.17, 15) is 14.4 Å². The molecule has 1 aromatic rings. The van der Waals surface area contributed by atoms with Crippen molar-refractivity contribution in [2.75, 3.05) is 39.3 Å². The summed E-state index contributed by atoms with van der Waals surface area (Å²) in [7, 11) is 0. The van der Waals surface area contributed by atoms with Crippen LogP contribution in [0.5, 0.6) is 0 Å². The summed E-state index contributed by atoms with van der Waals surface area (Å²) in [6.07, 6.45) is 3.56. The number of piperidine rings is 1. The van der Waals surface area contributed by atoms with Crippen molar-refractivity contribution in [1.29, 1.82) is 0 Å². The summed E-state index contributed by atoms with van der Waals surface area (Å²) in [4.78, 5) is 38.5. The topological polar surface area (TPSA) is 95.5 Å². The van der Waals surface area contributed by atoms with Gasteiger partial charge in [-0.25, -0.2) is 4.79 Å². The van der Waals surface area contributed by atoms with Crippen molar-refractivity contribution in [3.05, 3.63) is 33.7 Å². The maximum atomic E-state index is 12.8. The maximum Gasteiger partial charge on any atom is 0.317 e. The molecule has 25 heavy (non-hydrogen) atoms. The van der Waals surface area contributed by atoms with Crippen LogP contribution in [0, 0.1) is 6.92 Å². The monoisotopic (exact) mass is 347 g/mol. The van der Waals surface area contributed by atoms with Crippen molar-refractivity contribution in [3.8, 4) is 0 Å². The highest BCUT2D eigenvalue weighted by Crippen LogP contribution is 2.17. The third-order valence-electron chi connectivity index (χ3n) is 4.87. The van der Waals surface area contributed by atoms with E-state index in [1.807, 2.05) is 6.07 Å². The number of carbonyl (C=O) groups is 2. The SMILES string of the molecule is Cc1ccn(C2CCNCC2)c(=O)c1C(=O)NCCN1CCNC1=O. The van der Waals surface area contributed by atoms with Crippen LogP contribution in [0.15, 0.2) is 17.1 Å². The van der Waals surface area contributed by atoms with Crippen LogP contribution in [0.2, 0.25) is 0 Å². The second-order valence-corrected chi connectivity index (χ2v) is 6.54. The zero-order valence-corrected chi connectivity index (χ0v) is 14.5. The number of aromatic nitrogens is 1. The van der Waals surface area contributed by atoms with E-state index in [1.54, 1.807) is 22.6 Å². The Morgan fingerprint density at radius 3 is 2.72 bits per heavy atom. The van der Waals surface area contributed by atoms with Gasteiger partial charge in [0, 0.05) is 38.4 Å². The Hall–Kier alpha value is -2.35. The molecule has 8 heteroatoms. The van der Waals surface area contributed by atoms with Gasteiger partial charge in [0.25, 0.3) is 11.5 Å². The summed E-state index contributed by atoms with van der Waals surface area (Å²) in [5.41, 5.74) is 0.641. The lowest BCUT2D eigenvalue weighted by Gasteiger charge is -2.25. The average Bonchev–Trinajstić information content (AvgIpc) is 3.01. The second kappa shape index (κ2) is 7.69. The van der Waals surface area contributed by atoms with Crippen LogP contribution in [0.25, 0.3) is 0 Å². The van der Waals surface area contributed by atoms with Crippen LogP contribution in [0.1, 0.15) is 34.8 Å². The van der Waals surface area contributed by atoms with Crippen molar-refractivity contribution in [1.82, 2.24) is 25.4 Å². The summed E-state index contributed by atoms with van der Waals surface area (Å²) in [6, 6.07) is 1.85. The van der Waals surface area contributed by atoms with Gasteiger partial charge < -0.3 is 25.4 Å². The van der Waals surface area contributed by atoms with Gasteiger partial charge in [0.2, 0.25) is 0 Å². The minimum absolute atomic E-state index is 0.113. The van der Waals surface area contributed by atoms with Gasteiger partial charge in [0.05, 0.1) is 0 Å². The van der Waals surface area contributed by atoms with Crippen LogP contribution in [-0.4, -0.2) is 60.7 Å². The van der Waals surface area contributed by atoms with Gasteiger partial charge in [-0.15, -0.1) is 0 Å². The first-order valence-electron chi connectivity index (χ1n) is 8.81. The highest BCUT2D eigenvalue weighted by atomic mass is 16.2. The van der Waals surface area contributed by atoms with E-state index >= 15 is 0 Å².